The van der Waals surface area contributed by atoms with E-state index in [0.717, 1.165) is 23.5 Å². The first kappa shape index (κ1) is 15.6. The number of benzene rings is 2. The summed E-state index contributed by atoms with van der Waals surface area (Å²) >= 11 is 7.37. The first-order valence-corrected chi connectivity index (χ1v) is 8.85. The summed E-state index contributed by atoms with van der Waals surface area (Å²) in [7, 11) is 0. The molecule has 1 N–H and O–H groups in total. The lowest BCUT2D eigenvalue weighted by atomic mass is 9.80. The molecule has 0 fully saturated rings. The lowest BCUT2D eigenvalue weighted by molar-refractivity contribution is 0.385. The van der Waals surface area contributed by atoms with Crippen molar-refractivity contribution in [2.24, 2.45) is 5.41 Å². The standard InChI is InChI=1S/C17H18Br2O/c18-12-17(13-19,10-14-4-2-1-3-5-14)11-15-6-8-16(20)9-7-15/h1-9,20H,10-13H2. The average molecular weight is 398 g/mol. The zero-order valence-corrected chi connectivity index (χ0v) is 14.4. The van der Waals surface area contributed by atoms with Gasteiger partial charge in [-0.3, -0.25) is 0 Å². The fourth-order valence-corrected chi connectivity index (χ4v) is 4.08. The fourth-order valence-electron chi connectivity index (χ4n) is 2.36. The number of alkyl halides is 2. The van der Waals surface area contributed by atoms with Crippen molar-refractivity contribution < 1.29 is 5.11 Å². The van der Waals surface area contributed by atoms with E-state index in [1.165, 1.54) is 11.1 Å². The zero-order chi connectivity index (χ0) is 14.4. The Morgan fingerprint density at radius 1 is 0.750 bits per heavy atom. The maximum atomic E-state index is 9.39. The molecule has 0 bridgehead atoms. The van der Waals surface area contributed by atoms with Crippen LogP contribution >= 0.6 is 31.9 Å². The minimum absolute atomic E-state index is 0.137. The van der Waals surface area contributed by atoms with E-state index in [9.17, 15) is 5.11 Å². The minimum atomic E-state index is 0.137. The average Bonchev–Trinajstić information content (AvgIpc) is 2.50. The lowest BCUT2D eigenvalue weighted by Gasteiger charge is -2.30. The Labute approximate surface area is 137 Å². The van der Waals surface area contributed by atoms with Crippen molar-refractivity contribution in [1.29, 1.82) is 0 Å². The van der Waals surface area contributed by atoms with Crippen molar-refractivity contribution in [2.45, 2.75) is 12.8 Å². The van der Waals surface area contributed by atoms with Crippen LogP contribution < -0.4 is 0 Å². The third kappa shape index (κ3) is 4.10. The summed E-state index contributed by atoms with van der Waals surface area (Å²) in [4.78, 5) is 0. The highest BCUT2D eigenvalue weighted by molar-refractivity contribution is 9.09. The number of hydrogen-bond donors (Lipinski definition) is 1. The first-order chi connectivity index (χ1) is 9.67. The van der Waals surface area contributed by atoms with Gasteiger partial charge in [0.15, 0.2) is 0 Å². The van der Waals surface area contributed by atoms with Crippen LogP contribution in [0.4, 0.5) is 0 Å². The van der Waals surface area contributed by atoms with Gasteiger partial charge < -0.3 is 5.11 Å². The molecule has 2 aromatic carbocycles. The molecule has 0 saturated heterocycles. The SMILES string of the molecule is Oc1ccc(CC(CBr)(CBr)Cc2ccccc2)cc1. The van der Waals surface area contributed by atoms with Crippen LogP contribution in [0, 0.1) is 5.41 Å². The monoisotopic (exact) mass is 396 g/mol. The predicted molar refractivity (Wildman–Crippen MR) is 92.0 cm³/mol. The van der Waals surface area contributed by atoms with Gasteiger partial charge in [0.1, 0.15) is 5.75 Å². The molecule has 0 aliphatic heterocycles. The molecule has 106 valence electrons. The van der Waals surface area contributed by atoms with Crippen LogP contribution in [0.25, 0.3) is 0 Å². The van der Waals surface area contributed by atoms with Gasteiger partial charge >= 0.3 is 0 Å². The number of hydrogen-bond acceptors (Lipinski definition) is 1. The van der Waals surface area contributed by atoms with Gasteiger partial charge in [0.05, 0.1) is 0 Å². The molecule has 0 heterocycles. The Hall–Kier alpha value is -0.800. The molecule has 0 aliphatic rings. The van der Waals surface area contributed by atoms with E-state index < -0.39 is 0 Å². The highest BCUT2D eigenvalue weighted by atomic mass is 79.9. The summed E-state index contributed by atoms with van der Waals surface area (Å²) in [6.07, 6.45) is 1.99. The molecule has 0 aliphatic carbocycles. The molecule has 20 heavy (non-hydrogen) atoms. The molecule has 2 aromatic rings. The Bertz CT molecular complexity index is 518. The molecule has 0 unspecified atom stereocenters. The third-order valence-electron chi connectivity index (χ3n) is 3.50. The Morgan fingerprint density at radius 2 is 1.25 bits per heavy atom. The van der Waals surface area contributed by atoms with Gasteiger partial charge in [0, 0.05) is 10.7 Å². The highest BCUT2D eigenvalue weighted by Gasteiger charge is 2.28. The largest absolute Gasteiger partial charge is 0.508 e. The van der Waals surface area contributed by atoms with Gasteiger partial charge in [-0.1, -0.05) is 74.3 Å². The molecule has 0 radical (unpaired) electrons. The Kier molecular flexibility index (Phi) is 5.67. The summed E-state index contributed by atoms with van der Waals surface area (Å²) in [5.41, 5.74) is 2.74. The van der Waals surface area contributed by atoms with Crippen LogP contribution in [0.5, 0.6) is 5.75 Å². The van der Waals surface area contributed by atoms with E-state index in [-0.39, 0.29) is 5.41 Å². The molecule has 3 heteroatoms. The highest BCUT2D eigenvalue weighted by Crippen LogP contribution is 2.32. The molecule has 0 aromatic heterocycles. The van der Waals surface area contributed by atoms with E-state index in [0.29, 0.717) is 5.75 Å². The summed E-state index contributed by atoms with van der Waals surface area (Å²) in [6, 6.07) is 18.1. The van der Waals surface area contributed by atoms with Crippen LogP contribution in [-0.2, 0) is 12.8 Å². The molecule has 0 atom stereocenters. The second-order valence-electron chi connectivity index (χ2n) is 5.27. The van der Waals surface area contributed by atoms with E-state index >= 15 is 0 Å². The van der Waals surface area contributed by atoms with Crippen molar-refractivity contribution in [1.82, 2.24) is 0 Å². The van der Waals surface area contributed by atoms with Gasteiger partial charge in [0.2, 0.25) is 0 Å². The molecule has 0 saturated carbocycles. The molecular formula is C17H18Br2O. The van der Waals surface area contributed by atoms with Crippen LogP contribution in [0.3, 0.4) is 0 Å². The lowest BCUT2D eigenvalue weighted by Crippen LogP contribution is -2.30. The van der Waals surface area contributed by atoms with Crippen molar-refractivity contribution in [3.05, 3.63) is 65.7 Å². The van der Waals surface area contributed by atoms with Crippen LogP contribution in [0.1, 0.15) is 11.1 Å². The van der Waals surface area contributed by atoms with Gasteiger partial charge in [-0.2, -0.15) is 0 Å². The molecule has 0 amide bonds. The Morgan fingerprint density at radius 3 is 1.75 bits per heavy atom. The van der Waals surface area contributed by atoms with E-state index in [2.05, 4.69) is 56.1 Å². The number of phenols is 1. The maximum Gasteiger partial charge on any atom is 0.115 e. The number of phenolic OH excluding ortho intramolecular Hbond substituents is 1. The number of halogens is 2. The smallest absolute Gasteiger partial charge is 0.115 e. The van der Waals surface area contributed by atoms with Crippen LogP contribution in [0.2, 0.25) is 0 Å². The minimum Gasteiger partial charge on any atom is -0.508 e. The van der Waals surface area contributed by atoms with Crippen molar-refractivity contribution in [3.8, 4) is 5.75 Å². The molecule has 1 nitrogen and oxygen atoms in total. The zero-order valence-electron chi connectivity index (χ0n) is 11.2. The first-order valence-electron chi connectivity index (χ1n) is 6.61. The summed E-state index contributed by atoms with van der Waals surface area (Å²) in [5, 5.41) is 11.2. The fraction of sp³-hybridized carbons (Fsp3) is 0.294. The topological polar surface area (TPSA) is 20.2 Å². The van der Waals surface area contributed by atoms with Crippen LogP contribution in [0.15, 0.2) is 54.6 Å². The molecule has 0 spiro atoms. The summed E-state index contributed by atoms with van der Waals surface area (Å²) < 4.78 is 0. The Balaban J connectivity index is 2.18. The maximum absolute atomic E-state index is 9.39. The van der Waals surface area contributed by atoms with Gasteiger partial charge in [-0.15, -0.1) is 0 Å². The molecular weight excluding hydrogens is 380 g/mol. The number of rotatable bonds is 6. The predicted octanol–water partition coefficient (Wildman–Crippen LogP) is 4.95. The second-order valence-corrected chi connectivity index (χ2v) is 6.39. The van der Waals surface area contributed by atoms with Gasteiger partial charge in [0.25, 0.3) is 0 Å². The summed E-state index contributed by atoms with van der Waals surface area (Å²) in [5.74, 6) is 0.320. The van der Waals surface area contributed by atoms with Gasteiger partial charge in [-0.25, -0.2) is 0 Å². The quantitative estimate of drug-likeness (QED) is 0.683. The van der Waals surface area contributed by atoms with Crippen molar-refractivity contribution in [2.75, 3.05) is 10.7 Å². The number of aromatic hydroxyl groups is 1. The van der Waals surface area contributed by atoms with Crippen molar-refractivity contribution >= 4 is 31.9 Å². The van der Waals surface area contributed by atoms with Gasteiger partial charge in [-0.05, 0) is 41.5 Å². The summed E-state index contributed by atoms with van der Waals surface area (Å²) in [6.45, 7) is 0. The van der Waals surface area contributed by atoms with Crippen LogP contribution in [-0.4, -0.2) is 15.8 Å². The van der Waals surface area contributed by atoms with E-state index in [1.54, 1.807) is 12.1 Å². The van der Waals surface area contributed by atoms with E-state index in [4.69, 9.17) is 0 Å². The second kappa shape index (κ2) is 7.28. The third-order valence-corrected chi connectivity index (χ3v) is 5.88. The van der Waals surface area contributed by atoms with E-state index in [1.807, 2.05) is 18.2 Å². The normalized spacial score (nSPS) is 11.5. The molecule has 2 rings (SSSR count). The van der Waals surface area contributed by atoms with Crippen molar-refractivity contribution in [3.63, 3.8) is 0 Å².